The van der Waals surface area contributed by atoms with Crippen molar-refractivity contribution in [1.82, 2.24) is 14.9 Å². The summed E-state index contributed by atoms with van der Waals surface area (Å²) in [6.45, 7) is 8.37. The number of rotatable bonds is 5. The number of anilines is 1. The van der Waals surface area contributed by atoms with E-state index in [9.17, 15) is 18.0 Å². The van der Waals surface area contributed by atoms with Crippen molar-refractivity contribution in [3.8, 4) is 11.3 Å². The van der Waals surface area contributed by atoms with Crippen molar-refractivity contribution in [1.29, 1.82) is 0 Å². The molecule has 1 saturated heterocycles. The first-order valence-corrected chi connectivity index (χ1v) is 12.3. The molecule has 35 heavy (non-hydrogen) atoms. The highest BCUT2D eigenvalue weighted by molar-refractivity contribution is 8.00. The maximum absolute atomic E-state index is 13.5. The molecule has 4 rings (SSSR count). The first kappa shape index (κ1) is 25.0. The van der Waals surface area contributed by atoms with Gasteiger partial charge in [-0.3, -0.25) is 4.79 Å². The molecule has 0 aliphatic carbocycles. The molecule has 0 spiro atoms. The van der Waals surface area contributed by atoms with E-state index in [0.717, 1.165) is 17.8 Å². The maximum atomic E-state index is 13.5. The zero-order chi connectivity index (χ0) is 25.2. The Bertz CT molecular complexity index is 1190. The summed E-state index contributed by atoms with van der Waals surface area (Å²) in [4.78, 5) is 25.2. The van der Waals surface area contributed by atoms with Crippen molar-refractivity contribution in [2.24, 2.45) is 0 Å². The SMILES string of the molecule is Cc1cccc(N2CCN(C(=O)[C@H](C)Sc3nc(-c4ccccc4)cc(C(F)(F)F)n3)CC2)c1C. The van der Waals surface area contributed by atoms with E-state index in [-0.39, 0.29) is 16.8 Å². The standard InChI is InChI=1S/C26H27F3N4OS/c1-17-8-7-11-22(18(17)2)32-12-14-33(15-13-32)24(34)19(3)35-25-30-21(20-9-5-4-6-10-20)16-23(31-25)26(27,28)29/h4-11,16,19H,12-15H2,1-3H3/t19-/m0/s1. The van der Waals surface area contributed by atoms with Crippen molar-refractivity contribution < 1.29 is 18.0 Å². The topological polar surface area (TPSA) is 49.3 Å². The molecule has 0 bridgehead atoms. The molecule has 5 nitrogen and oxygen atoms in total. The third-order valence-corrected chi connectivity index (χ3v) is 7.15. The van der Waals surface area contributed by atoms with Crippen LogP contribution in [0.2, 0.25) is 0 Å². The van der Waals surface area contributed by atoms with Crippen LogP contribution in [0.25, 0.3) is 11.3 Å². The van der Waals surface area contributed by atoms with Crippen LogP contribution in [0.5, 0.6) is 0 Å². The summed E-state index contributed by atoms with van der Waals surface area (Å²) in [5.41, 5.74) is 3.34. The second kappa shape index (κ2) is 10.3. The number of aryl methyl sites for hydroxylation is 1. The van der Waals surface area contributed by atoms with Crippen LogP contribution in [0.4, 0.5) is 18.9 Å². The van der Waals surface area contributed by atoms with E-state index in [1.165, 1.54) is 16.8 Å². The number of benzene rings is 2. The van der Waals surface area contributed by atoms with Crippen LogP contribution in [-0.2, 0) is 11.0 Å². The number of thioether (sulfide) groups is 1. The van der Waals surface area contributed by atoms with Gasteiger partial charge in [-0.05, 0) is 44.0 Å². The van der Waals surface area contributed by atoms with Crippen LogP contribution < -0.4 is 4.90 Å². The van der Waals surface area contributed by atoms with Gasteiger partial charge in [0.2, 0.25) is 5.91 Å². The number of carbonyl (C=O) groups is 1. The number of halogens is 3. The van der Waals surface area contributed by atoms with E-state index >= 15 is 0 Å². The van der Waals surface area contributed by atoms with E-state index in [4.69, 9.17) is 0 Å². The normalized spacial score (nSPS) is 15.3. The van der Waals surface area contributed by atoms with Gasteiger partial charge in [0.15, 0.2) is 5.16 Å². The van der Waals surface area contributed by atoms with E-state index in [0.29, 0.717) is 31.7 Å². The van der Waals surface area contributed by atoms with Crippen LogP contribution in [-0.4, -0.2) is 52.2 Å². The Morgan fingerprint density at radius 1 is 0.971 bits per heavy atom. The molecule has 1 aliphatic heterocycles. The molecular weight excluding hydrogens is 473 g/mol. The van der Waals surface area contributed by atoms with Gasteiger partial charge >= 0.3 is 6.18 Å². The fourth-order valence-electron chi connectivity index (χ4n) is 4.09. The molecule has 0 radical (unpaired) electrons. The van der Waals surface area contributed by atoms with Gasteiger partial charge in [-0.1, -0.05) is 54.2 Å². The third-order valence-electron chi connectivity index (χ3n) is 6.20. The van der Waals surface area contributed by atoms with Crippen LogP contribution in [0, 0.1) is 13.8 Å². The van der Waals surface area contributed by atoms with Crippen LogP contribution in [0.1, 0.15) is 23.7 Å². The number of hydrogen-bond acceptors (Lipinski definition) is 5. The molecule has 9 heteroatoms. The summed E-state index contributed by atoms with van der Waals surface area (Å²) in [5.74, 6) is -0.127. The second-order valence-corrected chi connectivity index (χ2v) is 9.88. The highest BCUT2D eigenvalue weighted by Gasteiger charge is 2.34. The van der Waals surface area contributed by atoms with Crippen molar-refractivity contribution in [3.63, 3.8) is 0 Å². The highest BCUT2D eigenvalue weighted by Crippen LogP contribution is 2.33. The van der Waals surface area contributed by atoms with Gasteiger partial charge in [-0.2, -0.15) is 13.2 Å². The second-order valence-electron chi connectivity index (χ2n) is 8.58. The number of carbonyl (C=O) groups excluding carboxylic acids is 1. The third kappa shape index (κ3) is 5.78. The molecule has 1 aliphatic rings. The summed E-state index contributed by atoms with van der Waals surface area (Å²) >= 11 is 0.959. The Labute approximate surface area is 207 Å². The van der Waals surface area contributed by atoms with Crippen molar-refractivity contribution in [2.45, 2.75) is 37.4 Å². The summed E-state index contributed by atoms with van der Waals surface area (Å²) < 4.78 is 40.5. The zero-order valence-corrected chi connectivity index (χ0v) is 20.7. The van der Waals surface area contributed by atoms with Gasteiger partial charge in [0, 0.05) is 37.4 Å². The first-order chi connectivity index (χ1) is 16.6. The number of amides is 1. The zero-order valence-electron chi connectivity index (χ0n) is 19.8. The minimum absolute atomic E-state index is 0.0615. The van der Waals surface area contributed by atoms with Crippen LogP contribution in [0.3, 0.4) is 0 Å². The van der Waals surface area contributed by atoms with Crippen LogP contribution in [0.15, 0.2) is 59.8 Å². The average molecular weight is 501 g/mol. The molecule has 0 unspecified atom stereocenters. The molecule has 1 fully saturated rings. The average Bonchev–Trinajstić information content (AvgIpc) is 2.85. The Hall–Kier alpha value is -3.07. The highest BCUT2D eigenvalue weighted by atomic mass is 32.2. The maximum Gasteiger partial charge on any atom is 0.433 e. The Morgan fingerprint density at radius 3 is 2.31 bits per heavy atom. The minimum atomic E-state index is -4.61. The van der Waals surface area contributed by atoms with Gasteiger partial charge in [-0.25, -0.2) is 9.97 Å². The monoisotopic (exact) mass is 500 g/mol. The molecule has 2 aromatic carbocycles. The predicted molar refractivity (Wildman–Crippen MR) is 132 cm³/mol. The van der Waals surface area contributed by atoms with E-state index < -0.39 is 17.1 Å². The molecule has 1 aromatic heterocycles. The van der Waals surface area contributed by atoms with E-state index in [1.807, 2.05) is 6.07 Å². The summed E-state index contributed by atoms with van der Waals surface area (Å²) in [5, 5.41) is -0.678. The fraction of sp³-hybridized carbons (Fsp3) is 0.346. The molecule has 3 aromatic rings. The van der Waals surface area contributed by atoms with E-state index in [2.05, 4.69) is 40.8 Å². The lowest BCUT2D eigenvalue weighted by molar-refractivity contribution is -0.141. The van der Waals surface area contributed by atoms with Crippen LogP contribution >= 0.6 is 11.8 Å². The molecular formula is C26H27F3N4OS. The molecule has 0 N–H and O–H groups in total. The van der Waals surface area contributed by atoms with Crippen molar-refractivity contribution >= 4 is 23.4 Å². The van der Waals surface area contributed by atoms with Crippen molar-refractivity contribution in [3.05, 3.63) is 71.4 Å². The number of hydrogen-bond donors (Lipinski definition) is 0. The Morgan fingerprint density at radius 2 is 1.66 bits per heavy atom. The van der Waals surface area contributed by atoms with Gasteiger partial charge in [0.05, 0.1) is 10.9 Å². The largest absolute Gasteiger partial charge is 0.433 e. The van der Waals surface area contributed by atoms with Gasteiger partial charge in [0.25, 0.3) is 0 Å². The predicted octanol–water partition coefficient (Wildman–Crippen LogP) is 5.61. The smallest absolute Gasteiger partial charge is 0.368 e. The lowest BCUT2D eigenvalue weighted by Gasteiger charge is -2.37. The number of aromatic nitrogens is 2. The number of alkyl halides is 3. The quantitative estimate of drug-likeness (QED) is 0.337. The Kier molecular flexibility index (Phi) is 7.35. The fourth-order valence-corrected chi connectivity index (χ4v) is 4.96. The molecule has 0 saturated carbocycles. The summed E-state index contributed by atoms with van der Waals surface area (Å²) in [6, 6.07) is 15.8. The van der Waals surface area contributed by atoms with Gasteiger partial charge in [-0.15, -0.1) is 0 Å². The number of nitrogens with zero attached hydrogens (tertiary/aromatic N) is 4. The molecule has 1 atom stereocenters. The van der Waals surface area contributed by atoms with E-state index in [1.54, 1.807) is 42.2 Å². The first-order valence-electron chi connectivity index (χ1n) is 11.4. The lowest BCUT2D eigenvalue weighted by atomic mass is 10.1. The summed E-state index contributed by atoms with van der Waals surface area (Å²) in [7, 11) is 0. The Balaban J connectivity index is 1.46. The lowest BCUT2D eigenvalue weighted by Crippen LogP contribution is -2.50. The molecule has 184 valence electrons. The number of piperazine rings is 1. The molecule has 2 heterocycles. The van der Waals surface area contributed by atoms with Crippen molar-refractivity contribution in [2.75, 3.05) is 31.1 Å². The molecule has 1 amide bonds. The van der Waals surface area contributed by atoms with Gasteiger partial charge < -0.3 is 9.80 Å². The summed E-state index contributed by atoms with van der Waals surface area (Å²) in [6.07, 6.45) is -4.61. The minimum Gasteiger partial charge on any atom is -0.368 e. The van der Waals surface area contributed by atoms with Gasteiger partial charge in [0.1, 0.15) is 5.69 Å².